The third-order valence-corrected chi connectivity index (χ3v) is 2.99. The van der Waals surface area contributed by atoms with E-state index in [1.54, 1.807) is 18.2 Å². The molecule has 7 heteroatoms. The van der Waals surface area contributed by atoms with Crippen LogP contribution in [-0.2, 0) is 21.2 Å². The number of aliphatic hydroxyl groups is 1. The first-order valence-corrected chi connectivity index (χ1v) is 7.76. The van der Waals surface area contributed by atoms with Gasteiger partial charge in [-0.1, -0.05) is 0 Å². The molecule has 0 atom stereocenters. The van der Waals surface area contributed by atoms with E-state index in [1.807, 2.05) is 6.92 Å². The second-order valence-electron chi connectivity index (χ2n) is 4.03. The van der Waals surface area contributed by atoms with Crippen LogP contribution in [0.2, 0.25) is 0 Å². The van der Waals surface area contributed by atoms with Crippen LogP contribution in [0.4, 0.5) is 5.69 Å². The van der Waals surface area contributed by atoms with Crippen molar-refractivity contribution < 1.29 is 23.1 Å². The van der Waals surface area contributed by atoms with Crippen molar-refractivity contribution in [2.45, 2.75) is 13.5 Å². The molecule has 0 aliphatic carbocycles. The molecule has 0 aliphatic rings. The van der Waals surface area contributed by atoms with E-state index in [2.05, 4.69) is 5.32 Å². The molecule has 1 amide bonds. The number of anilines is 1. The monoisotopic (exact) mass is 287 g/mol. The quantitative estimate of drug-likeness (QED) is 0.797. The van der Waals surface area contributed by atoms with Gasteiger partial charge in [-0.05, 0) is 25.1 Å². The number of carbonyl (C=O) groups is 1. The molecule has 1 aromatic carbocycles. The second-order valence-corrected chi connectivity index (χ2v) is 6.17. The lowest BCUT2D eigenvalue weighted by atomic mass is 10.2. The Balaban J connectivity index is 2.82. The smallest absolute Gasteiger partial charge is 0.239 e. The molecule has 1 rings (SSSR count). The highest BCUT2D eigenvalue weighted by Gasteiger charge is 2.12. The average molecular weight is 287 g/mol. The van der Waals surface area contributed by atoms with Gasteiger partial charge in [-0.2, -0.15) is 0 Å². The standard InChI is InChI=1S/C12H17NO5S/c1-3-18-11-5-4-10(6-9(11)7-14)13-12(15)8-19(2,16)17/h4-6,14H,3,7-8H2,1-2H3,(H,13,15). The summed E-state index contributed by atoms with van der Waals surface area (Å²) in [7, 11) is -3.36. The van der Waals surface area contributed by atoms with Gasteiger partial charge in [0.05, 0.1) is 13.2 Å². The maximum absolute atomic E-state index is 11.5. The Morgan fingerprint density at radius 2 is 2.11 bits per heavy atom. The molecule has 0 aromatic heterocycles. The molecular formula is C12H17NO5S. The Morgan fingerprint density at radius 3 is 2.63 bits per heavy atom. The molecule has 6 nitrogen and oxygen atoms in total. The van der Waals surface area contributed by atoms with Crippen molar-refractivity contribution in [2.24, 2.45) is 0 Å². The summed E-state index contributed by atoms with van der Waals surface area (Å²) in [5.41, 5.74) is 0.945. The number of carbonyl (C=O) groups excluding carboxylic acids is 1. The highest BCUT2D eigenvalue weighted by molar-refractivity contribution is 7.91. The number of hydrogen-bond acceptors (Lipinski definition) is 5. The Bertz CT molecular complexity index is 553. The summed E-state index contributed by atoms with van der Waals surface area (Å²) < 4.78 is 27.2. The first-order valence-electron chi connectivity index (χ1n) is 5.70. The maximum atomic E-state index is 11.5. The Hall–Kier alpha value is -1.60. The number of ether oxygens (including phenoxy) is 1. The van der Waals surface area contributed by atoms with Crippen LogP contribution in [0.25, 0.3) is 0 Å². The minimum Gasteiger partial charge on any atom is -0.494 e. The third kappa shape index (κ3) is 5.27. The lowest BCUT2D eigenvalue weighted by Crippen LogP contribution is -2.22. The van der Waals surface area contributed by atoms with E-state index in [0.717, 1.165) is 6.26 Å². The van der Waals surface area contributed by atoms with Crippen LogP contribution in [0.5, 0.6) is 5.75 Å². The van der Waals surface area contributed by atoms with Gasteiger partial charge in [0, 0.05) is 17.5 Å². The van der Waals surface area contributed by atoms with Crippen molar-refractivity contribution in [3.63, 3.8) is 0 Å². The van der Waals surface area contributed by atoms with Crippen molar-refractivity contribution in [1.82, 2.24) is 0 Å². The van der Waals surface area contributed by atoms with Gasteiger partial charge in [-0.15, -0.1) is 0 Å². The minimum absolute atomic E-state index is 0.231. The number of rotatable bonds is 6. The van der Waals surface area contributed by atoms with Crippen molar-refractivity contribution in [1.29, 1.82) is 0 Å². The molecule has 0 aliphatic heterocycles. The van der Waals surface area contributed by atoms with Crippen molar-refractivity contribution in [3.8, 4) is 5.75 Å². The van der Waals surface area contributed by atoms with E-state index in [-0.39, 0.29) is 6.61 Å². The molecule has 0 saturated carbocycles. The zero-order valence-corrected chi connectivity index (χ0v) is 11.7. The zero-order valence-electron chi connectivity index (χ0n) is 10.8. The summed E-state index contributed by atoms with van der Waals surface area (Å²) >= 11 is 0. The first kappa shape index (κ1) is 15.5. The summed E-state index contributed by atoms with van der Waals surface area (Å²) in [6.45, 7) is 2.06. The van der Waals surface area contributed by atoms with Crippen molar-refractivity contribution in [3.05, 3.63) is 23.8 Å². The Labute approximate surface area is 112 Å². The topological polar surface area (TPSA) is 92.7 Å². The molecule has 1 aromatic rings. The summed E-state index contributed by atoms with van der Waals surface area (Å²) in [5.74, 6) is -0.657. The van der Waals surface area contributed by atoms with Gasteiger partial charge >= 0.3 is 0 Å². The Kier molecular flexibility index (Phi) is 5.31. The maximum Gasteiger partial charge on any atom is 0.239 e. The fraction of sp³-hybridized carbons (Fsp3) is 0.417. The highest BCUT2D eigenvalue weighted by Crippen LogP contribution is 2.23. The van der Waals surface area contributed by atoms with E-state index < -0.39 is 21.5 Å². The predicted octanol–water partition coefficient (Wildman–Crippen LogP) is 0.561. The van der Waals surface area contributed by atoms with Crippen LogP contribution in [0, 0.1) is 0 Å². The minimum atomic E-state index is -3.36. The summed E-state index contributed by atoms with van der Waals surface area (Å²) in [6, 6.07) is 4.75. The van der Waals surface area contributed by atoms with Crippen LogP contribution < -0.4 is 10.1 Å². The zero-order chi connectivity index (χ0) is 14.5. The van der Waals surface area contributed by atoms with Crippen molar-refractivity contribution >= 4 is 21.4 Å². The molecule has 0 fully saturated rings. The molecule has 0 saturated heterocycles. The molecule has 19 heavy (non-hydrogen) atoms. The Morgan fingerprint density at radius 1 is 1.42 bits per heavy atom. The van der Waals surface area contributed by atoms with Gasteiger partial charge in [-0.3, -0.25) is 4.79 Å². The van der Waals surface area contributed by atoms with Gasteiger partial charge in [0.1, 0.15) is 11.5 Å². The lowest BCUT2D eigenvalue weighted by Gasteiger charge is -2.11. The number of aliphatic hydroxyl groups excluding tert-OH is 1. The number of hydrogen-bond donors (Lipinski definition) is 2. The summed E-state index contributed by atoms with van der Waals surface area (Å²) in [5, 5.41) is 11.7. The number of sulfone groups is 1. The summed E-state index contributed by atoms with van der Waals surface area (Å²) in [4.78, 5) is 11.5. The van der Waals surface area contributed by atoms with Gasteiger partial charge in [-0.25, -0.2) is 8.42 Å². The average Bonchev–Trinajstić information content (AvgIpc) is 2.28. The lowest BCUT2D eigenvalue weighted by molar-refractivity contribution is -0.113. The van der Waals surface area contributed by atoms with E-state index in [0.29, 0.717) is 23.6 Å². The van der Waals surface area contributed by atoms with E-state index >= 15 is 0 Å². The predicted molar refractivity (Wildman–Crippen MR) is 71.9 cm³/mol. The molecule has 0 heterocycles. The van der Waals surface area contributed by atoms with Crippen LogP contribution in [-0.4, -0.2) is 38.0 Å². The van der Waals surface area contributed by atoms with Crippen LogP contribution in [0.15, 0.2) is 18.2 Å². The SMILES string of the molecule is CCOc1ccc(NC(=O)CS(C)(=O)=O)cc1CO. The van der Waals surface area contributed by atoms with Crippen LogP contribution in [0.1, 0.15) is 12.5 Å². The van der Waals surface area contributed by atoms with Crippen molar-refractivity contribution in [2.75, 3.05) is 23.9 Å². The normalized spacial score (nSPS) is 11.1. The second kappa shape index (κ2) is 6.53. The summed E-state index contributed by atoms with van der Waals surface area (Å²) in [6.07, 6.45) is 0.990. The molecule has 0 unspecified atom stereocenters. The number of benzene rings is 1. The van der Waals surface area contributed by atoms with E-state index in [4.69, 9.17) is 4.74 Å². The molecule has 0 bridgehead atoms. The van der Waals surface area contributed by atoms with Gasteiger partial charge in [0.15, 0.2) is 9.84 Å². The third-order valence-electron chi connectivity index (χ3n) is 2.21. The fourth-order valence-corrected chi connectivity index (χ4v) is 2.06. The molecule has 0 radical (unpaired) electrons. The highest BCUT2D eigenvalue weighted by atomic mass is 32.2. The van der Waals surface area contributed by atoms with Crippen LogP contribution >= 0.6 is 0 Å². The molecule has 2 N–H and O–H groups in total. The van der Waals surface area contributed by atoms with E-state index in [1.165, 1.54) is 0 Å². The van der Waals surface area contributed by atoms with Gasteiger partial charge < -0.3 is 15.2 Å². The number of nitrogens with one attached hydrogen (secondary N) is 1. The molecule has 106 valence electrons. The van der Waals surface area contributed by atoms with Crippen LogP contribution in [0.3, 0.4) is 0 Å². The van der Waals surface area contributed by atoms with Gasteiger partial charge in [0.25, 0.3) is 0 Å². The molecule has 0 spiro atoms. The molecular weight excluding hydrogens is 270 g/mol. The van der Waals surface area contributed by atoms with Gasteiger partial charge in [0.2, 0.25) is 5.91 Å². The number of amides is 1. The van der Waals surface area contributed by atoms with E-state index in [9.17, 15) is 18.3 Å². The largest absolute Gasteiger partial charge is 0.494 e. The fourth-order valence-electron chi connectivity index (χ4n) is 1.51. The first-order chi connectivity index (χ1) is 8.85.